The molecule has 2 amide bonds. The molecule has 8 nitrogen and oxygen atoms in total. The zero-order chi connectivity index (χ0) is 19.8. The SMILES string of the molecule is CN(C)c1nc([C@@H]2CCN(C(=O)CN3Cc4ccccc4C3=O)C2)cc(=O)[nH]1. The maximum atomic E-state index is 12.8. The van der Waals surface area contributed by atoms with E-state index in [1.165, 1.54) is 6.07 Å². The van der Waals surface area contributed by atoms with Gasteiger partial charge >= 0.3 is 0 Å². The fourth-order valence-electron chi connectivity index (χ4n) is 3.82. The molecule has 0 spiro atoms. The van der Waals surface area contributed by atoms with E-state index in [4.69, 9.17) is 0 Å². The first kappa shape index (κ1) is 18.2. The van der Waals surface area contributed by atoms with Gasteiger partial charge in [0, 0.05) is 51.3 Å². The van der Waals surface area contributed by atoms with Crippen molar-refractivity contribution in [2.45, 2.75) is 18.9 Å². The summed E-state index contributed by atoms with van der Waals surface area (Å²) in [6.07, 6.45) is 0.753. The number of nitrogens with zero attached hydrogens (tertiary/aromatic N) is 4. The highest BCUT2D eigenvalue weighted by Gasteiger charge is 2.33. The smallest absolute Gasteiger partial charge is 0.254 e. The third kappa shape index (κ3) is 3.37. The number of carbonyl (C=O) groups excluding carboxylic acids is 2. The van der Waals surface area contributed by atoms with Crippen molar-refractivity contribution in [1.29, 1.82) is 0 Å². The van der Waals surface area contributed by atoms with Crippen LogP contribution in [0.5, 0.6) is 0 Å². The Hall–Kier alpha value is -3.16. The third-order valence-corrected chi connectivity index (χ3v) is 5.35. The lowest BCUT2D eigenvalue weighted by Gasteiger charge is -2.21. The first-order chi connectivity index (χ1) is 13.4. The molecule has 1 fully saturated rings. The summed E-state index contributed by atoms with van der Waals surface area (Å²) >= 11 is 0. The summed E-state index contributed by atoms with van der Waals surface area (Å²) in [6.45, 7) is 1.66. The van der Waals surface area contributed by atoms with Crippen LogP contribution >= 0.6 is 0 Å². The minimum Gasteiger partial charge on any atom is -0.348 e. The maximum absolute atomic E-state index is 12.8. The molecule has 4 rings (SSSR count). The van der Waals surface area contributed by atoms with Gasteiger partial charge in [0.15, 0.2) is 0 Å². The summed E-state index contributed by atoms with van der Waals surface area (Å²) in [6, 6.07) is 8.97. The molecule has 2 aliphatic heterocycles. The molecule has 0 radical (unpaired) electrons. The second-order valence-corrected chi connectivity index (χ2v) is 7.53. The minimum atomic E-state index is -0.195. The van der Waals surface area contributed by atoms with E-state index in [9.17, 15) is 14.4 Å². The Morgan fingerprint density at radius 1 is 1.29 bits per heavy atom. The lowest BCUT2D eigenvalue weighted by atomic mass is 10.1. The van der Waals surface area contributed by atoms with E-state index in [0.29, 0.717) is 36.8 Å². The molecule has 1 aromatic carbocycles. The molecule has 0 unspecified atom stereocenters. The topological polar surface area (TPSA) is 89.6 Å². The van der Waals surface area contributed by atoms with E-state index in [-0.39, 0.29) is 29.8 Å². The first-order valence-corrected chi connectivity index (χ1v) is 9.36. The number of fused-ring (bicyclic) bond motifs is 1. The van der Waals surface area contributed by atoms with E-state index in [0.717, 1.165) is 12.0 Å². The Morgan fingerprint density at radius 3 is 2.82 bits per heavy atom. The average Bonchev–Trinajstić information content (AvgIpc) is 3.27. The zero-order valence-corrected chi connectivity index (χ0v) is 16.0. The van der Waals surface area contributed by atoms with Crippen molar-refractivity contribution in [3.8, 4) is 0 Å². The van der Waals surface area contributed by atoms with Crippen LogP contribution in [0.4, 0.5) is 5.95 Å². The Bertz CT molecular complexity index is 984. The van der Waals surface area contributed by atoms with Crippen LogP contribution in [-0.2, 0) is 11.3 Å². The number of aromatic amines is 1. The molecular weight excluding hydrogens is 358 g/mol. The largest absolute Gasteiger partial charge is 0.348 e. The number of nitrogens with one attached hydrogen (secondary N) is 1. The van der Waals surface area contributed by atoms with Gasteiger partial charge in [0.1, 0.15) is 6.54 Å². The van der Waals surface area contributed by atoms with Crippen molar-refractivity contribution in [3.63, 3.8) is 0 Å². The molecule has 8 heteroatoms. The fraction of sp³-hybridized carbons (Fsp3) is 0.400. The molecule has 1 aromatic heterocycles. The summed E-state index contributed by atoms with van der Waals surface area (Å²) in [4.78, 5) is 49.5. The molecule has 0 bridgehead atoms. The van der Waals surface area contributed by atoms with Crippen molar-refractivity contribution in [3.05, 3.63) is 57.5 Å². The van der Waals surface area contributed by atoms with Crippen molar-refractivity contribution in [1.82, 2.24) is 19.8 Å². The number of likely N-dealkylation sites (tertiary alicyclic amines) is 1. The fourth-order valence-corrected chi connectivity index (χ4v) is 3.82. The van der Waals surface area contributed by atoms with Gasteiger partial charge in [-0.3, -0.25) is 19.4 Å². The zero-order valence-electron chi connectivity index (χ0n) is 16.0. The second kappa shape index (κ2) is 7.10. The molecule has 1 N–H and O–H groups in total. The second-order valence-electron chi connectivity index (χ2n) is 7.53. The maximum Gasteiger partial charge on any atom is 0.254 e. The van der Waals surface area contributed by atoms with E-state index in [2.05, 4.69) is 9.97 Å². The first-order valence-electron chi connectivity index (χ1n) is 9.36. The van der Waals surface area contributed by atoms with E-state index < -0.39 is 0 Å². The van der Waals surface area contributed by atoms with Gasteiger partial charge < -0.3 is 14.7 Å². The molecule has 146 valence electrons. The number of benzene rings is 1. The van der Waals surface area contributed by atoms with E-state index in [1.807, 2.05) is 32.3 Å². The number of hydrogen-bond donors (Lipinski definition) is 1. The van der Waals surface area contributed by atoms with Gasteiger partial charge in [-0.2, -0.15) is 0 Å². The Kier molecular flexibility index (Phi) is 4.62. The molecule has 3 heterocycles. The summed E-state index contributed by atoms with van der Waals surface area (Å²) in [7, 11) is 3.63. The molecule has 1 atom stereocenters. The summed E-state index contributed by atoms with van der Waals surface area (Å²) in [5.41, 5.74) is 2.15. The van der Waals surface area contributed by atoms with Crippen LogP contribution in [0.2, 0.25) is 0 Å². The van der Waals surface area contributed by atoms with Crippen LogP contribution in [0.1, 0.15) is 34.0 Å². The third-order valence-electron chi connectivity index (χ3n) is 5.35. The molecule has 0 aliphatic carbocycles. The molecular formula is C20H23N5O3. The van der Waals surface area contributed by atoms with Gasteiger partial charge in [-0.15, -0.1) is 0 Å². The lowest BCUT2D eigenvalue weighted by Crippen LogP contribution is -2.39. The van der Waals surface area contributed by atoms with Crippen molar-refractivity contribution < 1.29 is 9.59 Å². The average molecular weight is 381 g/mol. The summed E-state index contributed by atoms with van der Waals surface area (Å²) in [5.74, 6) is 0.372. The predicted molar refractivity (Wildman–Crippen MR) is 104 cm³/mol. The minimum absolute atomic E-state index is 0.0245. The van der Waals surface area contributed by atoms with Gasteiger partial charge in [0.05, 0.1) is 5.69 Å². The number of amides is 2. The standard InChI is InChI=1S/C20H23N5O3/c1-23(2)20-21-16(9-17(26)22-20)14-7-8-24(11-14)18(27)12-25-10-13-5-3-4-6-15(13)19(25)28/h3-6,9,14H,7-8,10-12H2,1-2H3,(H,21,22,26)/t14-/m1/s1. The number of anilines is 1. The quantitative estimate of drug-likeness (QED) is 0.847. The number of aromatic nitrogens is 2. The van der Waals surface area contributed by atoms with Gasteiger partial charge in [-0.1, -0.05) is 18.2 Å². The van der Waals surface area contributed by atoms with Crippen LogP contribution < -0.4 is 10.5 Å². The van der Waals surface area contributed by atoms with Crippen molar-refractivity contribution >= 4 is 17.8 Å². The lowest BCUT2D eigenvalue weighted by molar-refractivity contribution is -0.130. The van der Waals surface area contributed by atoms with E-state index in [1.54, 1.807) is 20.8 Å². The van der Waals surface area contributed by atoms with Crippen LogP contribution in [0.3, 0.4) is 0 Å². The summed E-state index contributed by atoms with van der Waals surface area (Å²) in [5, 5.41) is 0. The van der Waals surface area contributed by atoms with Crippen molar-refractivity contribution in [2.75, 3.05) is 38.6 Å². The summed E-state index contributed by atoms with van der Waals surface area (Å²) < 4.78 is 0. The number of carbonyl (C=O) groups is 2. The molecule has 28 heavy (non-hydrogen) atoms. The predicted octanol–water partition coefficient (Wildman–Crippen LogP) is 0.808. The normalized spacial score (nSPS) is 18.5. The van der Waals surface area contributed by atoms with Crippen LogP contribution in [0.25, 0.3) is 0 Å². The highest BCUT2D eigenvalue weighted by molar-refractivity contribution is 6.00. The molecule has 2 aromatic rings. The van der Waals surface area contributed by atoms with Gasteiger partial charge in [0.2, 0.25) is 11.9 Å². The Labute approximate surface area is 162 Å². The number of H-pyrrole nitrogens is 1. The van der Waals surface area contributed by atoms with Gasteiger partial charge in [-0.05, 0) is 18.1 Å². The highest BCUT2D eigenvalue weighted by atomic mass is 16.2. The monoisotopic (exact) mass is 381 g/mol. The molecule has 2 aliphatic rings. The van der Waals surface area contributed by atoms with Crippen LogP contribution in [0.15, 0.2) is 35.1 Å². The number of hydrogen-bond acceptors (Lipinski definition) is 5. The molecule has 1 saturated heterocycles. The van der Waals surface area contributed by atoms with Crippen LogP contribution in [-0.4, -0.2) is 65.3 Å². The van der Waals surface area contributed by atoms with Crippen molar-refractivity contribution in [2.24, 2.45) is 0 Å². The van der Waals surface area contributed by atoms with Gasteiger partial charge in [0.25, 0.3) is 11.5 Å². The Morgan fingerprint density at radius 2 is 2.07 bits per heavy atom. The van der Waals surface area contributed by atoms with Gasteiger partial charge in [-0.25, -0.2) is 4.98 Å². The molecule has 0 saturated carbocycles. The van der Waals surface area contributed by atoms with E-state index >= 15 is 0 Å². The highest BCUT2D eigenvalue weighted by Crippen LogP contribution is 2.27. The Balaban J connectivity index is 1.42. The number of rotatable bonds is 4. The van der Waals surface area contributed by atoms with Crippen LogP contribution in [0, 0.1) is 0 Å².